The molecule has 0 fully saturated rings. The van der Waals surface area contributed by atoms with Crippen LogP contribution in [0.5, 0.6) is 0 Å². The molecule has 1 unspecified atom stereocenters. The van der Waals surface area contributed by atoms with E-state index in [1.807, 2.05) is 0 Å². The molecule has 0 saturated carbocycles. The van der Waals surface area contributed by atoms with Crippen LogP contribution < -0.4 is 21.3 Å². The van der Waals surface area contributed by atoms with Gasteiger partial charge in [-0.2, -0.15) is 0 Å². The average Bonchev–Trinajstić information content (AvgIpc) is 3.37. The van der Waals surface area contributed by atoms with Gasteiger partial charge in [0, 0.05) is 22.9 Å². The van der Waals surface area contributed by atoms with Crippen LogP contribution in [-0.4, -0.2) is 23.7 Å². The second-order valence-corrected chi connectivity index (χ2v) is 9.61. The van der Waals surface area contributed by atoms with E-state index in [1.54, 1.807) is 0 Å². The van der Waals surface area contributed by atoms with Crippen LogP contribution in [0.4, 0.5) is 0 Å². The van der Waals surface area contributed by atoms with Crippen molar-refractivity contribution in [2.45, 2.75) is 59.5 Å². The van der Waals surface area contributed by atoms with E-state index in [0.29, 0.717) is 12.7 Å². The van der Waals surface area contributed by atoms with Crippen molar-refractivity contribution < 1.29 is 0 Å². The maximum absolute atomic E-state index is 5.20. The van der Waals surface area contributed by atoms with Crippen molar-refractivity contribution in [2.24, 2.45) is 9.98 Å². The Kier molecular flexibility index (Phi) is 7.68. The molecule has 0 aliphatic carbocycles. The number of aromatic nitrogens is 1. The largest absolute Gasteiger partial charge is 0.385 e. The average molecular weight is 480 g/mol. The van der Waals surface area contributed by atoms with Crippen LogP contribution in [0.1, 0.15) is 51.4 Å². The first-order valence-electron chi connectivity index (χ1n) is 12.8. The first kappa shape index (κ1) is 25.4. The van der Waals surface area contributed by atoms with Crippen LogP contribution in [0.25, 0.3) is 28.1 Å². The van der Waals surface area contributed by atoms with E-state index in [-0.39, 0.29) is 6.04 Å². The SMILES string of the molecule is C=C(NC(C)C(=C)NC(C)C)c1nc(-c2ccc(CC)cc2)c2c(c1-c1ccc(CC)cc1)=NCN=2. The van der Waals surface area contributed by atoms with Crippen molar-refractivity contribution in [1.82, 2.24) is 15.6 Å². The van der Waals surface area contributed by atoms with Crippen molar-refractivity contribution in [1.29, 1.82) is 0 Å². The molecule has 0 bridgehead atoms. The maximum atomic E-state index is 5.20. The number of aryl methyl sites for hydroxylation is 2. The van der Waals surface area contributed by atoms with Gasteiger partial charge in [0.1, 0.15) is 12.0 Å². The predicted octanol–water partition coefficient (Wildman–Crippen LogP) is 5.21. The lowest BCUT2D eigenvalue weighted by Crippen LogP contribution is -2.36. The molecule has 2 N–H and O–H groups in total. The van der Waals surface area contributed by atoms with Crippen LogP contribution >= 0.6 is 0 Å². The lowest BCUT2D eigenvalue weighted by atomic mass is 9.97. The minimum absolute atomic E-state index is 0.0285. The molecule has 0 saturated heterocycles. The predicted molar refractivity (Wildman–Crippen MR) is 150 cm³/mol. The molecule has 1 aromatic heterocycles. The maximum Gasteiger partial charge on any atom is 0.131 e. The van der Waals surface area contributed by atoms with Crippen molar-refractivity contribution in [2.75, 3.05) is 6.67 Å². The Morgan fingerprint density at radius 1 is 0.806 bits per heavy atom. The fraction of sp³-hybridized carbons (Fsp3) is 0.323. The summed E-state index contributed by atoms with van der Waals surface area (Å²) in [5.41, 5.74) is 8.93. The van der Waals surface area contributed by atoms with Gasteiger partial charge in [0.25, 0.3) is 0 Å². The van der Waals surface area contributed by atoms with Crippen LogP contribution in [0.2, 0.25) is 0 Å². The number of fused-ring (bicyclic) bond motifs is 1. The number of hydrogen-bond acceptors (Lipinski definition) is 5. The third-order valence-corrected chi connectivity index (χ3v) is 6.56. The lowest BCUT2D eigenvalue weighted by molar-refractivity contribution is 0.596. The number of nitrogens with one attached hydrogen (secondary N) is 2. The summed E-state index contributed by atoms with van der Waals surface area (Å²) in [6, 6.07) is 17.5. The molecule has 186 valence electrons. The summed E-state index contributed by atoms with van der Waals surface area (Å²) in [6.45, 7) is 19.7. The molecular weight excluding hydrogens is 442 g/mol. The molecule has 2 aromatic carbocycles. The van der Waals surface area contributed by atoms with E-state index >= 15 is 0 Å². The van der Waals surface area contributed by atoms with Gasteiger partial charge < -0.3 is 10.6 Å². The summed E-state index contributed by atoms with van der Waals surface area (Å²) in [5.74, 6) is 0. The van der Waals surface area contributed by atoms with Gasteiger partial charge in [-0.25, -0.2) is 4.98 Å². The summed E-state index contributed by atoms with van der Waals surface area (Å²) in [4.78, 5) is 14.8. The van der Waals surface area contributed by atoms with Crippen LogP contribution in [0.3, 0.4) is 0 Å². The van der Waals surface area contributed by atoms with Crippen molar-refractivity contribution in [3.63, 3.8) is 0 Å². The van der Waals surface area contributed by atoms with E-state index in [2.05, 4.69) is 107 Å². The fourth-order valence-corrected chi connectivity index (χ4v) is 4.45. The fourth-order valence-electron chi connectivity index (χ4n) is 4.45. The first-order chi connectivity index (χ1) is 17.3. The summed E-state index contributed by atoms with van der Waals surface area (Å²) in [7, 11) is 0. The molecule has 36 heavy (non-hydrogen) atoms. The number of benzene rings is 2. The zero-order chi connectivity index (χ0) is 25.8. The Labute approximate surface area is 214 Å². The van der Waals surface area contributed by atoms with Crippen molar-refractivity contribution in [3.8, 4) is 22.4 Å². The highest BCUT2D eigenvalue weighted by atomic mass is 15.0. The molecule has 0 spiro atoms. The molecule has 5 nitrogen and oxygen atoms in total. The molecular formula is C31H37N5. The van der Waals surface area contributed by atoms with Crippen molar-refractivity contribution >= 4 is 5.70 Å². The van der Waals surface area contributed by atoms with Gasteiger partial charge in [-0.3, -0.25) is 9.98 Å². The van der Waals surface area contributed by atoms with Crippen LogP contribution in [0, 0.1) is 0 Å². The van der Waals surface area contributed by atoms with E-state index < -0.39 is 0 Å². The molecule has 1 aliphatic rings. The molecule has 0 radical (unpaired) electrons. The van der Waals surface area contributed by atoms with E-state index in [4.69, 9.17) is 15.0 Å². The third kappa shape index (κ3) is 5.25. The molecule has 1 atom stereocenters. The van der Waals surface area contributed by atoms with Crippen molar-refractivity contribution in [3.05, 3.63) is 94.9 Å². The van der Waals surface area contributed by atoms with Crippen LogP contribution in [-0.2, 0) is 12.8 Å². The van der Waals surface area contributed by atoms with Gasteiger partial charge in [-0.05, 0) is 50.3 Å². The van der Waals surface area contributed by atoms with Gasteiger partial charge in [0.2, 0.25) is 0 Å². The number of nitrogens with zero attached hydrogens (tertiary/aromatic N) is 3. The van der Waals surface area contributed by atoms with Gasteiger partial charge >= 0.3 is 0 Å². The Morgan fingerprint density at radius 3 is 1.92 bits per heavy atom. The standard InChI is InChI=1S/C31H37N5/c1-8-23-10-14-25(15-11-23)27-28(22(7)35-21(6)20(5)34-19(3)4)36-29(31-30(27)32-18-33-31)26-16-12-24(9-2)13-17-26/h10-17,19,21,34-35H,5,7-9,18H2,1-4,6H3. The highest BCUT2D eigenvalue weighted by Gasteiger charge is 2.21. The second kappa shape index (κ2) is 10.9. The van der Waals surface area contributed by atoms with E-state index in [0.717, 1.165) is 63.0 Å². The molecule has 1 aliphatic heterocycles. The number of pyridine rings is 1. The van der Waals surface area contributed by atoms with E-state index in [9.17, 15) is 0 Å². The number of rotatable bonds is 10. The Morgan fingerprint density at radius 2 is 1.36 bits per heavy atom. The van der Waals surface area contributed by atoms with E-state index in [1.165, 1.54) is 11.1 Å². The third-order valence-electron chi connectivity index (χ3n) is 6.56. The second-order valence-electron chi connectivity index (χ2n) is 9.61. The minimum Gasteiger partial charge on any atom is -0.385 e. The van der Waals surface area contributed by atoms with Gasteiger partial charge in [0.15, 0.2) is 0 Å². The highest BCUT2D eigenvalue weighted by Crippen LogP contribution is 2.26. The Hall–Kier alpha value is -3.73. The summed E-state index contributed by atoms with van der Waals surface area (Å²) in [6.07, 6.45) is 1.99. The topological polar surface area (TPSA) is 61.7 Å². The molecule has 3 aromatic rings. The summed E-state index contributed by atoms with van der Waals surface area (Å²) < 4.78 is 0. The minimum atomic E-state index is -0.0285. The number of hydrogen-bond donors (Lipinski definition) is 2. The summed E-state index contributed by atoms with van der Waals surface area (Å²) >= 11 is 0. The summed E-state index contributed by atoms with van der Waals surface area (Å²) in [5, 5.41) is 8.66. The zero-order valence-corrected chi connectivity index (χ0v) is 22.2. The molecule has 5 heteroatoms. The first-order valence-corrected chi connectivity index (χ1v) is 12.8. The monoisotopic (exact) mass is 479 g/mol. The van der Waals surface area contributed by atoms with Gasteiger partial charge in [-0.1, -0.05) is 75.5 Å². The molecule has 4 rings (SSSR count). The smallest absolute Gasteiger partial charge is 0.131 e. The highest BCUT2D eigenvalue weighted by molar-refractivity contribution is 5.80. The molecule has 2 heterocycles. The van der Waals surface area contributed by atoms with Gasteiger partial charge in [0.05, 0.1) is 28.5 Å². The molecule has 0 amide bonds. The van der Waals surface area contributed by atoms with Gasteiger partial charge in [-0.15, -0.1) is 0 Å². The van der Waals surface area contributed by atoms with Crippen LogP contribution in [0.15, 0.2) is 77.4 Å². The Bertz CT molecular complexity index is 1380. The Balaban J connectivity index is 1.87. The normalized spacial score (nSPS) is 12.9. The zero-order valence-electron chi connectivity index (χ0n) is 22.2. The lowest BCUT2D eigenvalue weighted by Gasteiger charge is -2.23. The quantitative estimate of drug-likeness (QED) is 0.420.